The van der Waals surface area contributed by atoms with E-state index in [2.05, 4.69) is 11.4 Å². The Kier molecular flexibility index (Phi) is 5.92. The first-order chi connectivity index (χ1) is 9.87. The number of nitrogens with zero attached hydrogens (tertiary/aromatic N) is 1. The van der Waals surface area contributed by atoms with Crippen LogP contribution in [0.3, 0.4) is 0 Å². The van der Waals surface area contributed by atoms with Crippen molar-refractivity contribution in [3.8, 4) is 6.07 Å². The van der Waals surface area contributed by atoms with Crippen molar-refractivity contribution in [2.75, 3.05) is 6.61 Å². The summed E-state index contributed by atoms with van der Waals surface area (Å²) in [4.78, 5) is 23.4. The van der Waals surface area contributed by atoms with Crippen LogP contribution >= 0.6 is 0 Å². The number of carbonyl (C=O) groups excluding carboxylic acids is 2. The van der Waals surface area contributed by atoms with Gasteiger partial charge in [0.15, 0.2) is 6.61 Å². The molecule has 0 aliphatic heterocycles. The van der Waals surface area contributed by atoms with Crippen LogP contribution in [0.15, 0.2) is 30.3 Å². The van der Waals surface area contributed by atoms with Crippen molar-refractivity contribution in [3.63, 3.8) is 0 Å². The van der Waals surface area contributed by atoms with Gasteiger partial charge in [-0.15, -0.1) is 0 Å². The van der Waals surface area contributed by atoms with Crippen LogP contribution in [0.2, 0.25) is 0 Å². The molecular weight excluding hydrogens is 268 g/mol. The van der Waals surface area contributed by atoms with Gasteiger partial charge < -0.3 is 10.1 Å². The molecule has 5 nitrogen and oxygen atoms in total. The number of nitrogens with one attached hydrogen (secondary N) is 1. The van der Waals surface area contributed by atoms with Crippen LogP contribution in [0.1, 0.15) is 26.3 Å². The lowest BCUT2D eigenvalue weighted by Crippen LogP contribution is -2.50. The molecule has 1 atom stereocenters. The molecule has 1 amide bonds. The second-order valence-electron chi connectivity index (χ2n) is 5.34. The van der Waals surface area contributed by atoms with Crippen LogP contribution in [0.4, 0.5) is 0 Å². The Hall–Kier alpha value is -2.35. The molecule has 0 aliphatic carbocycles. The van der Waals surface area contributed by atoms with Crippen LogP contribution in [-0.4, -0.2) is 24.0 Å². The average Bonchev–Trinajstić information content (AvgIpc) is 2.46. The predicted molar refractivity (Wildman–Crippen MR) is 78.1 cm³/mol. The van der Waals surface area contributed by atoms with E-state index >= 15 is 0 Å². The fraction of sp³-hybridized carbons (Fsp3) is 0.438. The third-order valence-electron chi connectivity index (χ3n) is 3.34. The fourth-order valence-corrected chi connectivity index (χ4v) is 1.59. The highest BCUT2D eigenvalue weighted by atomic mass is 16.5. The van der Waals surface area contributed by atoms with E-state index in [4.69, 9.17) is 10.00 Å². The van der Waals surface area contributed by atoms with E-state index in [-0.39, 0.29) is 18.9 Å². The maximum atomic E-state index is 11.7. The van der Waals surface area contributed by atoms with Gasteiger partial charge in [0, 0.05) is 0 Å². The highest BCUT2D eigenvalue weighted by molar-refractivity contribution is 5.82. The maximum absolute atomic E-state index is 11.7. The third kappa shape index (κ3) is 5.27. The Bertz CT molecular complexity index is 534. The number of benzene rings is 1. The summed E-state index contributed by atoms with van der Waals surface area (Å²) < 4.78 is 4.92. The largest absolute Gasteiger partial charge is 0.455 e. The van der Waals surface area contributed by atoms with Gasteiger partial charge >= 0.3 is 5.97 Å². The molecule has 0 spiro atoms. The molecule has 0 aliphatic rings. The Labute approximate surface area is 124 Å². The second-order valence-corrected chi connectivity index (χ2v) is 5.34. The van der Waals surface area contributed by atoms with Gasteiger partial charge in [-0.2, -0.15) is 5.26 Å². The molecule has 0 radical (unpaired) electrons. The zero-order valence-corrected chi connectivity index (χ0v) is 12.6. The van der Waals surface area contributed by atoms with E-state index in [1.54, 1.807) is 6.92 Å². The summed E-state index contributed by atoms with van der Waals surface area (Å²) in [6.07, 6.45) is 0.119. The summed E-state index contributed by atoms with van der Waals surface area (Å²) in [6, 6.07) is 11.2. The first-order valence-corrected chi connectivity index (χ1v) is 6.79. The van der Waals surface area contributed by atoms with E-state index in [1.807, 2.05) is 44.2 Å². The Morgan fingerprint density at radius 2 is 1.95 bits per heavy atom. The predicted octanol–water partition coefficient (Wildman–Crippen LogP) is 1.83. The maximum Gasteiger partial charge on any atom is 0.310 e. The summed E-state index contributed by atoms with van der Waals surface area (Å²) in [7, 11) is 0. The Balaban J connectivity index is 2.43. The number of amides is 1. The number of hydrogen-bond donors (Lipinski definition) is 1. The van der Waals surface area contributed by atoms with Crippen molar-refractivity contribution >= 4 is 11.9 Å². The molecule has 1 N–H and O–H groups in total. The molecule has 1 rings (SSSR count). The van der Waals surface area contributed by atoms with Gasteiger partial charge in [-0.3, -0.25) is 9.59 Å². The molecule has 0 unspecified atom stereocenters. The van der Waals surface area contributed by atoms with Crippen LogP contribution in [-0.2, 0) is 20.7 Å². The number of hydrogen-bond acceptors (Lipinski definition) is 4. The monoisotopic (exact) mass is 288 g/mol. The minimum atomic E-state index is -0.969. The Morgan fingerprint density at radius 1 is 1.33 bits per heavy atom. The second kappa shape index (κ2) is 7.44. The lowest BCUT2D eigenvalue weighted by atomic mass is 9.90. The normalized spacial score (nSPS) is 13.1. The van der Waals surface area contributed by atoms with Crippen molar-refractivity contribution in [2.45, 2.75) is 32.7 Å². The summed E-state index contributed by atoms with van der Waals surface area (Å²) >= 11 is 0. The van der Waals surface area contributed by atoms with Crippen LogP contribution in [0.25, 0.3) is 0 Å². The number of nitriles is 1. The minimum absolute atomic E-state index is 0.0496. The first-order valence-electron chi connectivity index (χ1n) is 6.79. The third-order valence-corrected chi connectivity index (χ3v) is 3.34. The Morgan fingerprint density at radius 3 is 2.48 bits per heavy atom. The molecule has 0 aromatic heterocycles. The lowest BCUT2D eigenvalue weighted by molar-refractivity contribution is -0.148. The first kappa shape index (κ1) is 16.7. The van der Waals surface area contributed by atoms with E-state index in [0.717, 1.165) is 5.56 Å². The fourth-order valence-electron chi connectivity index (χ4n) is 1.59. The van der Waals surface area contributed by atoms with Crippen molar-refractivity contribution in [2.24, 2.45) is 5.92 Å². The van der Waals surface area contributed by atoms with E-state index in [0.29, 0.717) is 0 Å². The molecule has 0 fully saturated rings. The molecule has 0 saturated carbocycles. The molecule has 1 aromatic rings. The van der Waals surface area contributed by atoms with Gasteiger partial charge in [-0.25, -0.2) is 0 Å². The smallest absolute Gasteiger partial charge is 0.310 e. The number of carbonyl (C=O) groups is 2. The van der Waals surface area contributed by atoms with Crippen LogP contribution in [0.5, 0.6) is 0 Å². The topological polar surface area (TPSA) is 79.2 Å². The summed E-state index contributed by atoms with van der Waals surface area (Å²) in [5.41, 5.74) is -0.143. The van der Waals surface area contributed by atoms with Gasteiger partial charge in [0.1, 0.15) is 5.54 Å². The standard InChI is InChI=1S/C16H20N2O3/c1-12(2)16(3,11-17)18-14(19)10-21-15(20)9-13-7-5-4-6-8-13/h4-8,12H,9-10H2,1-3H3,(H,18,19)/t16-/m0/s1. The molecule has 0 saturated heterocycles. The van der Waals surface area contributed by atoms with Crippen molar-refractivity contribution in [3.05, 3.63) is 35.9 Å². The summed E-state index contributed by atoms with van der Waals surface area (Å²) in [6.45, 7) is 4.94. The van der Waals surface area contributed by atoms with Gasteiger partial charge in [0.05, 0.1) is 12.5 Å². The van der Waals surface area contributed by atoms with Crippen molar-refractivity contribution in [1.82, 2.24) is 5.32 Å². The van der Waals surface area contributed by atoms with Crippen LogP contribution in [0, 0.1) is 17.2 Å². The van der Waals surface area contributed by atoms with E-state index in [9.17, 15) is 9.59 Å². The molecule has 0 heterocycles. The van der Waals surface area contributed by atoms with Gasteiger partial charge in [-0.05, 0) is 18.4 Å². The highest BCUT2D eigenvalue weighted by Crippen LogP contribution is 2.14. The van der Waals surface area contributed by atoms with Gasteiger partial charge in [-0.1, -0.05) is 44.2 Å². The van der Waals surface area contributed by atoms with E-state index < -0.39 is 17.4 Å². The molecular formula is C16H20N2O3. The molecule has 0 bridgehead atoms. The zero-order chi connectivity index (χ0) is 15.9. The summed E-state index contributed by atoms with van der Waals surface area (Å²) in [5, 5.41) is 11.7. The molecule has 5 heteroatoms. The summed E-state index contributed by atoms with van der Waals surface area (Å²) in [5.74, 6) is -1.000. The quantitative estimate of drug-likeness (QED) is 0.810. The zero-order valence-electron chi connectivity index (χ0n) is 12.6. The molecule has 112 valence electrons. The highest BCUT2D eigenvalue weighted by Gasteiger charge is 2.30. The average molecular weight is 288 g/mol. The minimum Gasteiger partial charge on any atom is -0.455 e. The lowest BCUT2D eigenvalue weighted by Gasteiger charge is -2.27. The number of ether oxygens (including phenoxy) is 1. The SMILES string of the molecule is CC(C)[C@](C)(C#N)NC(=O)COC(=O)Cc1ccccc1. The molecule has 21 heavy (non-hydrogen) atoms. The molecule has 1 aromatic carbocycles. The number of rotatable bonds is 6. The van der Waals surface area contributed by atoms with Crippen molar-refractivity contribution in [1.29, 1.82) is 5.26 Å². The van der Waals surface area contributed by atoms with E-state index in [1.165, 1.54) is 0 Å². The van der Waals surface area contributed by atoms with Crippen molar-refractivity contribution < 1.29 is 14.3 Å². The van der Waals surface area contributed by atoms with Gasteiger partial charge in [0.2, 0.25) is 0 Å². The number of esters is 1. The van der Waals surface area contributed by atoms with Crippen LogP contribution < -0.4 is 5.32 Å². The van der Waals surface area contributed by atoms with Gasteiger partial charge in [0.25, 0.3) is 5.91 Å².